The number of benzene rings is 1. The lowest BCUT2D eigenvalue weighted by atomic mass is 10.2. The molecule has 0 atom stereocenters. The van der Waals surface area contributed by atoms with E-state index in [1.54, 1.807) is 4.90 Å². The molecule has 28 heavy (non-hydrogen) atoms. The highest BCUT2D eigenvalue weighted by Crippen LogP contribution is 2.31. The molecule has 1 aliphatic heterocycles. The molecule has 1 aromatic heterocycles. The maximum absolute atomic E-state index is 12.9. The zero-order valence-corrected chi connectivity index (χ0v) is 15.8. The van der Waals surface area contributed by atoms with Crippen LogP contribution in [0.15, 0.2) is 35.4 Å². The Balaban J connectivity index is 1.72. The van der Waals surface area contributed by atoms with Crippen LogP contribution in [0.5, 0.6) is 0 Å². The van der Waals surface area contributed by atoms with Crippen molar-refractivity contribution in [1.82, 2.24) is 14.8 Å². The Labute approximate surface area is 162 Å². The van der Waals surface area contributed by atoms with Crippen LogP contribution in [0.3, 0.4) is 0 Å². The minimum Gasteiger partial charge on any atom is -0.345 e. The summed E-state index contributed by atoms with van der Waals surface area (Å²) in [6.07, 6.45) is -3.34. The summed E-state index contributed by atoms with van der Waals surface area (Å²) in [5.41, 5.74) is 0.480. The van der Waals surface area contributed by atoms with Gasteiger partial charge in [0, 0.05) is 26.2 Å². The zero-order valence-electron chi connectivity index (χ0n) is 14.2. The summed E-state index contributed by atoms with van der Waals surface area (Å²) >= 11 is 1.03. The number of amides is 1. The number of thiazole rings is 1. The van der Waals surface area contributed by atoms with Crippen molar-refractivity contribution >= 4 is 32.4 Å². The number of carbonyl (C=O) groups excluding carboxylic acids is 1. The van der Waals surface area contributed by atoms with Crippen LogP contribution >= 0.6 is 11.3 Å². The Morgan fingerprint density at radius 3 is 2.50 bits per heavy atom. The minimum absolute atomic E-state index is 0.0552. The molecule has 1 saturated heterocycles. The first kappa shape index (κ1) is 20.5. The average Bonchev–Trinajstić information content (AvgIpc) is 3.17. The lowest BCUT2D eigenvalue weighted by molar-refractivity contribution is -0.137. The van der Waals surface area contributed by atoms with E-state index in [4.69, 9.17) is 5.21 Å². The smallest absolute Gasteiger partial charge is 0.345 e. The molecule has 0 unspecified atom stereocenters. The third kappa shape index (κ3) is 4.11. The first-order chi connectivity index (χ1) is 13.1. The van der Waals surface area contributed by atoms with Crippen LogP contribution in [0.1, 0.15) is 15.2 Å². The molecule has 3 rings (SSSR count). The number of halogens is 3. The highest BCUT2D eigenvalue weighted by Gasteiger charge is 2.34. The van der Waals surface area contributed by atoms with Gasteiger partial charge in [0.25, 0.3) is 5.91 Å². The van der Waals surface area contributed by atoms with E-state index in [2.05, 4.69) is 4.98 Å². The normalized spacial score (nSPS) is 16.2. The first-order valence-corrected chi connectivity index (χ1v) is 10.2. The molecule has 13 heteroatoms. The van der Waals surface area contributed by atoms with Crippen molar-refractivity contribution in [3.63, 3.8) is 0 Å². The van der Waals surface area contributed by atoms with Crippen molar-refractivity contribution in [1.29, 1.82) is 0 Å². The van der Waals surface area contributed by atoms with Crippen LogP contribution in [-0.4, -0.2) is 55.0 Å². The molecule has 0 aliphatic carbocycles. The molecule has 1 amide bonds. The number of piperazine rings is 1. The van der Waals surface area contributed by atoms with Crippen molar-refractivity contribution in [3.8, 4) is 0 Å². The maximum Gasteiger partial charge on any atom is 0.416 e. The Kier molecular flexibility index (Phi) is 5.61. The highest BCUT2D eigenvalue weighted by molar-refractivity contribution is 7.89. The molecule has 0 bridgehead atoms. The van der Waals surface area contributed by atoms with Crippen molar-refractivity contribution in [2.45, 2.75) is 11.1 Å². The summed E-state index contributed by atoms with van der Waals surface area (Å²) < 4.78 is 65.1. The second-order valence-electron chi connectivity index (χ2n) is 5.86. The molecular formula is C15H15F3N4O4S2. The third-order valence-electron chi connectivity index (χ3n) is 4.13. The van der Waals surface area contributed by atoms with Crippen LogP contribution in [0.2, 0.25) is 0 Å². The number of anilines is 1. The van der Waals surface area contributed by atoms with Crippen molar-refractivity contribution in [3.05, 3.63) is 40.9 Å². The average molecular weight is 436 g/mol. The number of nitrogens with one attached hydrogen (secondary N) is 1. The largest absolute Gasteiger partial charge is 0.416 e. The van der Waals surface area contributed by atoms with Gasteiger partial charge in [-0.1, -0.05) is 17.4 Å². The lowest BCUT2D eigenvalue weighted by Crippen LogP contribution is -2.48. The van der Waals surface area contributed by atoms with E-state index in [0.29, 0.717) is 11.2 Å². The fourth-order valence-corrected chi connectivity index (χ4v) is 5.00. The molecule has 1 aliphatic rings. The van der Waals surface area contributed by atoms with Gasteiger partial charge in [0.1, 0.15) is 4.88 Å². The fourth-order valence-electron chi connectivity index (χ4n) is 2.67. The van der Waals surface area contributed by atoms with Gasteiger partial charge >= 0.3 is 6.18 Å². The van der Waals surface area contributed by atoms with Crippen LogP contribution in [-0.2, 0) is 16.2 Å². The monoisotopic (exact) mass is 436 g/mol. The summed E-state index contributed by atoms with van der Waals surface area (Å²) in [7, 11) is -4.07. The summed E-state index contributed by atoms with van der Waals surface area (Å²) in [6.45, 7) is 0.622. The lowest BCUT2D eigenvalue weighted by Gasteiger charge is -2.33. The third-order valence-corrected chi connectivity index (χ3v) is 7.08. The van der Waals surface area contributed by atoms with E-state index < -0.39 is 32.6 Å². The molecule has 2 heterocycles. The molecule has 1 aromatic carbocycles. The molecule has 1 fully saturated rings. The van der Waals surface area contributed by atoms with Crippen molar-refractivity contribution < 1.29 is 31.6 Å². The SMILES string of the molecule is O=C(NO)c1cnc(N2CCN(S(=O)(=O)c3cccc(C(F)(F)F)c3)CC2)s1. The Hall–Kier alpha value is -2.22. The minimum atomic E-state index is -4.63. The van der Waals surface area contributed by atoms with E-state index >= 15 is 0 Å². The predicted octanol–water partition coefficient (Wildman–Crippen LogP) is 1.79. The number of hydroxylamine groups is 1. The van der Waals surface area contributed by atoms with E-state index in [1.165, 1.54) is 11.7 Å². The second kappa shape index (κ2) is 7.66. The number of hydrogen-bond acceptors (Lipinski definition) is 7. The summed E-state index contributed by atoms with van der Waals surface area (Å²) in [5.74, 6) is -0.700. The number of hydrogen-bond donors (Lipinski definition) is 2. The standard InChI is InChI=1S/C15H15F3N4O4S2/c16-15(17,18)10-2-1-3-11(8-10)28(25,26)22-6-4-21(5-7-22)14-19-9-12(27-14)13(23)20-24/h1-3,8-9,24H,4-7H2,(H,20,23). The number of nitrogens with zero attached hydrogens (tertiary/aromatic N) is 3. The Morgan fingerprint density at radius 1 is 1.21 bits per heavy atom. The molecule has 152 valence electrons. The highest BCUT2D eigenvalue weighted by atomic mass is 32.2. The van der Waals surface area contributed by atoms with Crippen LogP contribution in [0.4, 0.5) is 18.3 Å². The van der Waals surface area contributed by atoms with E-state index in [9.17, 15) is 26.4 Å². The fraction of sp³-hybridized carbons (Fsp3) is 0.333. The van der Waals surface area contributed by atoms with Gasteiger partial charge in [-0.3, -0.25) is 10.0 Å². The number of rotatable bonds is 4. The Bertz CT molecular complexity index is 970. The number of carbonyl (C=O) groups is 1. The second-order valence-corrected chi connectivity index (χ2v) is 8.81. The van der Waals surface area contributed by atoms with Crippen LogP contribution < -0.4 is 10.4 Å². The van der Waals surface area contributed by atoms with Gasteiger partial charge in [0.05, 0.1) is 16.7 Å². The van der Waals surface area contributed by atoms with Gasteiger partial charge in [0.2, 0.25) is 10.0 Å². The molecule has 0 spiro atoms. The number of sulfonamides is 1. The number of aromatic nitrogens is 1. The van der Waals surface area contributed by atoms with Gasteiger partial charge in [-0.15, -0.1) is 0 Å². The maximum atomic E-state index is 12.9. The van der Waals surface area contributed by atoms with Gasteiger partial charge in [-0.25, -0.2) is 18.9 Å². The summed E-state index contributed by atoms with van der Waals surface area (Å²) in [4.78, 5) is 17.0. The van der Waals surface area contributed by atoms with Gasteiger partial charge in [-0.05, 0) is 18.2 Å². The molecule has 2 N–H and O–H groups in total. The van der Waals surface area contributed by atoms with Crippen LogP contribution in [0, 0.1) is 0 Å². The number of alkyl halides is 3. The molecule has 8 nitrogen and oxygen atoms in total. The van der Waals surface area contributed by atoms with E-state index in [-0.39, 0.29) is 31.1 Å². The van der Waals surface area contributed by atoms with Crippen molar-refractivity contribution in [2.75, 3.05) is 31.1 Å². The van der Waals surface area contributed by atoms with Gasteiger partial charge < -0.3 is 4.90 Å². The van der Waals surface area contributed by atoms with Crippen LogP contribution in [0.25, 0.3) is 0 Å². The van der Waals surface area contributed by atoms with E-state index in [0.717, 1.165) is 33.8 Å². The molecule has 0 saturated carbocycles. The van der Waals surface area contributed by atoms with E-state index in [1.807, 2.05) is 0 Å². The first-order valence-electron chi connectivity index (χ1n) is 7.95. The quantitative estimate of drug-likeness (QED) is 0.560. The molecule has 2 aromatic rings. The molecular weight excluding hydrogens is 421 g/mol. The van der Waals surface area contributed by atoms with Crippen molar-refractivity contribution in [2.24, 2.45) is 0 Å². The zero-order chi connectivity index (χ0) is 20.5. The summed E-state index contributed by atoms with van der Waals surface area (Å²) in [6, 6.07) is 3.65. The summed E-state index contributed by atoms with van der Waals surface area (Å²) in [5, 5.41) is 9.11. The van der Waals surface area contributed by atoms with Gasteiger partial charge in [-0.2, -0.15) is 17.5 Å². The predicted molar refractivity (Wildman–Crippen MR) is 93.8 cm³/mol. The topological polar surface area (TPSA) is 103 Å². The Morgan fingerprint density at radius 2 is 1.89 bits per heavy atom. The molecule has 0 radical (unpaired) electrons. The van der Waals surface area contributed by atoms with Gasteiger partial charge in [0.15, 0.2) is 5.13 Å².